The third kappa shape index (κ3) is 3.51. The SMILES string of the molecule is CNC(=O)c1ccc(Cl)c(NCc2ccc([N+](=O)[O-])o2)c1. The molecule has 110 valence electrons. The molecule has 0 saturated heterocycles. The Morgan fingerprint density at radius 1 is 1.38 bits per heavy atom. The van der Waals surface area contributed by atoms with Gasteiger partial charge in [-0.3, -0.25) is 14.9 Å². The first-order chi connectivity index (χ1) is 10.0. The summed E-state index contributed by atoms with van der Waals surface area (Å²) in [6.07, 6.45) is 0. The molecule has 1 heterocycles. The fraction of sp³-hybridized carbons (Fsp3) is 0.154. The number of nitro groups is 1. The van der Waals surface area contributed by atoms with Gasteiger partial charge in [0.2, 0.25) is 0 Å². The largest absolute Gasteiger partial charge is 0.433 e. The van der Waals surface area contributed by atoms with Crippen molar-refractivity contribution < 1.29 is 14.1 Å². The third-order valence-corrected chi connectivity index (χ3v) is 3.07. The lowest BCUT2D eigenvalue weighted by Crippen LogP contribution is -2.17. The molecular weight excluding hydrogens is 298 g/mol. The molecule has 0 spiro atoms. The second kappa shape index (κ2) is 6.27. The summed E-state index contributed by atoms with van der Waals surface area (Å²) >= 11 is 6.03. The molecule has 1 aromatic carbocycles. The quantitative estimate of drug-likeness (QED) is 0.654. The van der Waals surface area contributed by atoms with E-state index in [9.17, 15) is 14.9 Å². The summed E-state index contributed by atoms with van der Waals surface area (Å²) in [6.45, 7) is 0.213. The summed E-state index contributed by atoms with van der Waals surface area (Å²) < 4.78 is 5.02. The van der Waals surface area contributed by atoms with Crippen LogP contribution < -0.4 is 10.6 Å². The van der Waals surface area contributed by atoms with Gasteiger partial charge in [-0.05, 0) is 24.3 Å². The zero-order valence-electron chi connectivity index (χ0n) is 11.1. The monoisotopic (exact) mass is 309 g/mol. The van der Waals surface area contributed by atoms with E-state index in [0.717, 1.165) is 0 Å². The Labute approximate surface area is 125 Å². The highest BCUT2D eigenvalue weighted by molar-refractivity contribution is 6.33. The van der Waals surface area contributed by atoms with Crippen LogP contribution in [0, 0.1) is 10.1 Å². The summed E-state index contributed by atoms with van der Waals surface area (Å²) in [5.41, 5.74) is 0.992. The van der Waals surface area contributed by atoms with E-state index in [2.05, 4.69) is 10.6 Å². The smallest absolute Gasteiger partial charge is 0.404 e. The molecule has 1 amide bonds. The average molecular weight is 310 g/mol. The molecule has 2 N–H and O–H groups in total. The van der Waals surface area contributed by atoms with Crippen molar-refractivity contribution in [2.75, 3.05) is 12.4 Å². The zero-order valence-corrected chi connectivity index (χ0v) is 11.8. The van der Waals surface area contributed by atoms with Crippen molar-refractivity contribution in [3.8, 4) is 0 Å². The summed E-state index contributed by atoms with van der Waals surface area (Å²) in [4.78, 5) is 21.5. The van der Waals surface area contributed by atoms with Gasteiger partial charge in [0.1, 0.15) is 10.7 Å². The molecule has 2 aromatic rings. The first-order valence-corrected chi connectivity index (χ1v) is 6.37. The van der Waals surface area contributed by atoms with Gasteiger partial charge in [0, 0.05) is 12.6 Å². The van der Waals surface area contributed by atoms with E-state index in [-0.39, 0.29) is 18.3 Å². The number of amides is 1. The van der Waals surface area contributed by atoms with Crippen molar-refractivity contribution in [1.29, 1.82) is 0 Å². The zero-order chi connectivity index (χ0) is 15.4. The molecule has 0 atom stereocenters. The number of furan rings is 1. The van der Waals surface area contributed by atoms with E-state index in [4.69, 9.17) is 16.0 Å². The van der Waals surface area contributed by atoms with Crippen molar-refractivity contribution in [3.63, 3.8) is 0 Å². The normalized spacial score (nSPS) is 10.2. The van der Waals surface area contributed by atoms with Crippen LogP contribution in [0.4, 0.5) is 11.6 Å². The van der Waals surface area contributed by atoms with Crippen LogP contribution in [0.25, 0.3) is 0 Å². The maximum Gasteiger partial charge on any atom is 0.433 e. The van der Waals surface area contributed by atoms with Gasteiger partial charge in [-0.1, -0.05) is 11.6 Å². The van der Waals surface area contributed by atoms with E-state index >= 15 is 0 Å². The van der Waals surface area contributed by atoms with Gasteiger partial charge < -0.3 is 15.1 Å². The van der Waals surface area contributed by atoms with Gasteiger partial charge >= 0.3 is 5.88 Å². The highest BCUT2D eigenvalue weighted by atomic mass is 35.5. The van der Waals surface area contributed by atoms with Crippen molar-refractivity contribution in [2.45, 2.75) is 6.54 Å². The number of nitrogens with zero attached hydrogens (tertiary/aromatic N) is 1. The highest BCUT2D eigenvalue weighted by Crippen LogP contribution is 2.24. The Morgan fingerprint density at radius 3 is 2.76 bits per heavy atom. The Morgan fingerprint density at radius 2 is 2.14 bits per heavy atom. The molecule has 1 aromatic heterocycles. The van der Waals surface area contributed by atoms with Gasteiger partial charge in [-0.2, -0.15) is 0 Å². The Kier molecular flexibility index (Phi) is 4.44. The molecule has 0 fully saturated rings. The van der Waals surface area contributed by atoms with Crippen LogP contribution in [0.2, 0.25) is 5.02 Å². The van der Waals surface area contributed by atoms with Crippen LogP contribution in [-0.2, 0) is 6.54 Å². The fourth-order valence-corrected chi connectivity index (χ4v) is 1.87. The number of halogens is 1. The standard InChI is InChI=1S/C13H12ClN3O4/c1-15-13(18)8-2-4-10(14)11(6-8)16-7-9-3-5-12(21-9)17(19)20/h2-6,16H,7H2,1H3,(H,15,18). The van der Waals surface area contributed by atoms with Crippen molar-refractivity contribution in [1.82, 2.24) is 5.32 Å². The lowest BCUT2D eigenvalue weighted by molar-refractivity contribution is -0.402. The number of hydrogen-bond donors (Lipinski definition) is 2. The second-order valence-electron chi connectivity index (χ2n) is 4.12. The molecule has 8 heteroatoms. The van der Waals surface area contributed by atoms with Crippen molar-refractivity contribution in [3.05, 3.63) is 56.8 Å². The molecular formula is C13H12ClN3O4. The van der Waals surface area contributed by atoms with Crippen molar-refractivity contribution >= 4 is 29.1 Å². The summed E-state index contributed by atoms with van der Waals surface area (Å²) in [5, 5.41) is 16.4. The van der Waals surface area contributed by atoms with E-state index in [1.54, 1.807) is 18.2 Å². The van der Waals surface area contributed by atoms with E-state index in [1.165, 1.54) is 19.2 Å². The number of rotatable bonds is 5. The topological polar surface area (TPSA) is 97.4 Å². The second-order valence-corrected chi connectivity index (χ2v) is 4.53. The third-order valence-electron chi connectivity index (χ3n) is 2.74. The predicted molar refractivity (Wildman–Crippen MR) is 77.5 cm³/mol. The molecule has 0 unspecified atom stereocenters. The summed E-state index contributed by atoms with van der Waals surface area (Å²) in [6, 6.07) is 7.57. The minimum Gasteiger partial charge on any atom is -0.404 e. The maximum absolute atomic E-state index is 11.6. The maximum atomic E-state index is 11.6. The van der Waals surface area contributed by atoms with Gasteiger partial charge in [-0.15, -0.1) is 0 Å². The van der Waals surface area contributed by atoms with Gasteiger partial charge in [0.15, 0.2) is 0 Å². The number of benzene rings is 1. The molecule has 0 radical (unpaired) electrons. The predicted octanol–water partition coefficient (Wildman–Crippen LogP) is 2.81. The fourth-order valence-electron chi connectivity index (χ4n) is 1.69. The first kappa shape index (κ1) is 14.9. The molecule has 21 heavy (non-hydrogen) atoms. The Bertz CT molecular complexity index is 684. The first-order valence-electron chi connectivity index (χ1n) is 6.00. The minimum absolute atomic E-state index is 0.213. The molecule has 2 rings (SSSR count). The lowest BCUT2D eigenvalue weighted by Gasteiger charge is -2.08. The molecule has 0 aliphatic carbocycles. The van der Waals surface area contributed by atoms with E-state index in [1.807, 2.05) is 0 Å². The molecule has 0 bridgehead atoms. The summed E-state index contributed by atoms with van der Waals surface area (Å²) in [7, 11) is 1.53. The number of hydrogen-bond acceptors (Lipinski definition) is 5. The van der Waals surface area contributed by atoms with Crippen molar-refractivity contribution in [2.24, 2.45) is 0 Å². The van der Waals surface area contributed by atoms with E-state index in [0.29, 0.717) is 22.0 Å². The summed E-state index contributed by atoms with van der Waals surface area (Å²) in [5.74, 6) is -0.163. The molecule has 0 aliphatic rings. The number of carbonyl (C=O) groups excluding carboxylic acids is 1. The van der Waals surface area contributed by atoms with Gasteiger partial charge in [-0.25, -0.2) is 0 Å². The Balaban J connectivity index is 2.11. The van der Waals surface area contributed by atoms with E-state index < -0.39 is 4.92 Å². The van der Waals surface area contributed by atoms with Gasteiger partial charge in [0.25, 0.3) is 5.91 Å². The molecule has 7 nitrogen and oxygen atoms in total. The molecule has 0 saturated carbocycles. The lowest BCUT2D eigenvalue weighted by atomic mass is 10.2. The minimum atomic E-state index is -0.608. The van der Waals surface area contributed by atoms with Crippen LogP contribution >= 0.6 is 11.6 Å². The average Bonchev–Trinajstić information content (AvgIpc) is 2.94. The van der Waals surface area contributed by atoms with Crippen LogP contribution in [0.15, 0.2) is 34.7 Å². The number of carbonyl (C=O) groups is 1. The van der Waals surface area contributed by atoms with Crippen LogP contribution in [0.5, 0.6) is 0 Å². The number of nitrogens with one attached hydrogen (secondary N) is 2. The highest BCUT2D eigenvalue weighted by Gasteiger charge is 2.12. The Hall–Kier alpha value is -2.54. The van der Waals surface area contributed by atoms with Crippen LogP contribution in [0.3, 0.4) is 0 Å². The number of anilines is 1. The van der Waals surface area contributed by atoms with Crippen LogP contribution in [0.1, 0.15) is 16.1 Å². The molecule has 0 aliphatic heterocycles. The van der Waals surface area contributed by atoms with Crippen LogP contribution in [-0.4, -0.2) is 17.9 Å². The van der Waals surface area contributed by atoms with Gasteiger partial charge in [0.05, 0.1) is 23.3 Å².